The zero-order valence-corrected chi connectivity index (χ0v) is 29.8. The number of esters is 2. The number of ether oxygens (including phenoxy) is 4. The molecule has 0 aliphatic heterocycles. The molecule has 0 fully saturated rings. The van der Waals surface area contributed by atoms with Crippen LogP contribution in [0, 0.1) is 0 Å². The highest BCUT2D eigenvalue weighted by atomic mass is 16.6. The number of alkyl carbamates (subject to hydrolysis) is 1. The fraction of sp³-hybridized carbons (Fsp3) is 0.528. The number of amides is 1. The van der Waals surface area contributed by atoms with E-state index in [0.29, 0.717) is 25.3 Å². The van der Waals surface area contributed by atoms with E-state index in [1.165, 1.54) is 9.80 Å². The standard InChI is InChI=1S/C36H51N3O11/c1-35(2,3)49-32(44)23-38(21-30(40)41)20-28(39(22-31(42)43)24-33(45)50-36(4,5)6)19-26-13-15-29(16-14-26)47-18-10-17-37-34(46)48-25-27-11-8-7-9-12-27/h7-9,11-16,28H,10,17-25H2,1-6H3,(H,37,46)(H,40,41)(H,42,43). The summed E-state index contributed by atoms with van der Waals surface area (Å²) in [7, 11) is 0. The van der Waals surface area contributed by atoms with E-state index in [-0.39, 0.29) is 32.7 Å². The molecule has 0 radical (unpaired) electrons. The van der Waals surface area contributed by atoms with Crippen molar-refractivity contribution in [3.63, 3.8) is 0 Å². The van der Waals surface area contributed by atoms with Crippen molar-refractivity contribution in [2.75, 3.05) is 45.9 Å². The summed E-state index contributed by atoms with van der Waals surface area (Å²) in [6.07, 6.45) is 0.204. The Balaban J connectivity index is 2.11. The van der Waals surface area contributed by atoms with Gasteiger partial charge in [-0.05, 0) is 77.6 Å². The van der Waals surface area contributed by atoms with Crippen LogP contribution in [0.2, 0.25) is 0 Å². The molecule has 2 rings (SSSR count). The summed E-state index contributed by atoms with van der Waals surface area (Å²) in [5.74, 6) is -3.12. The molecule has 2 aromatic rings. The second kappa shape index (κ2) is 20.1. The molecule has 3 N–H and O–H groups in total. The number of nitrogens with zero attached hydrogens (tertiary/aromatic N) is 2. The summed E-state index contributed by atoms with van der Waals surface area (Å²) in [4.78, 5) is 63.9. The lowest BCUT2D eigenvalue weighted by molar-refractivity contribution is -0.160. The van der Waals surface area contributed by atoms with E-state index in [0.717, 1.165) is 11.1 Å². The second-order valence-corrected chi connectivity index (χ2v) is 13.7. The lowest BCUT2D eigenvalue weighted by Gasteiger charge is -2.34. The van der Waals surface area contributed by atoms with E-state index >= 15 is 0 Å². The van der Waals surface area contributed by atoms with E-state index in [1.54, 1.807) is 65.8 Å². The lowest BCUT2D eigenvalue weighted by Crippen LogP contribution is -2.51. The molecule has 50 heavy (non-hydrogen) atoms. The van der Waals surface area contributed by atoms with Crippen LogP contribution in [-0.4, -0.2) is 113 Å². The van der Waals surface area contributed by atoms with E-state index in [1.807, 2.05) is 30.3 Å². The monoisotopic (exact) mass is 701 g/mol. The minimum Gasteiger partial charge on any atom is -0.494 e. The van der Waals surface area contributed by atoms with Gasteiger partial charge < -0.3 is 34.5 Å². The van der Waals surface area contributed by atoms with Crippen LogP contribution in [0.3, 0.4) is 0 Å². The third kappa shape index (κ3) is 18.7. The first-order valence-electron chi connectivity index (χ1n) is 16.4. The van der Waals surface area contributed by atoms with Crippen LogP contribution in [0.5, 0.6) is 5.75 Å². The van der Waals surface area contributed by atoms with Gasteiger partial charge in [-0.3, -0.25) is 29.0 Å². The Morgan fingerprint density at radius 3 is 1.88 bits per heavy atom. The third-order valence-electron chi connectivity index (χ3n) is 6.67. The molecule has 14 nitrogen and oxygen atoms in total. The summed E-state index contributed by atoms with van der Waals surface area (Å²) in [5, 5.41) is 22.0. The largest absolute Gasteiger partial charge is 0.494 e. The molecule has 14 heteroatoms. The van der Waals surface area contributed by atoms with Crippen LogP contribution in [0.4, 0.5) is 4.79 Å². The fourth-order valence-corrected chi connectivity index (χ4v) is 4.79. The van der Waals surface area contributed by atoms with Crippen molar-refractivity contribution in [1.82, 2.24) is 15.1 Å². The summed E-state index contributed by atoms with van der Waals surface area (Å²) in [5.41, 5.74) is 0.0195. The van der Waals surface area contributed by atoms with Crippen molar-refractivity contribution < 1.29 is 53.1 Å². The molecule has 0 saturated heterocycles. The zero-order valence-electron chi connectivity index (χ0n) is 29.8. The first kappa shape index (κ1) is 41.5. The third-order valence-corrected chi connectivity index (χ3v) is 6.67. The minimum atomic E-state index is -1.20. The Bertz CT molecular complexity index is 1390. The highest BCUT2D eigenvalue weighted by Gasteiger charge is 2.30. The summed E-state index contributed by atoms with van der Waals surface area (Å²) < 4.78 is 21.8. The number of nitrogens with one attached hydrogen (secondary N) is 1. The predicted octanol–water partition coefficient (Wildman–Crippen LogP) is 3.75. The SMILES string of the molecule is CC(C)(C)OC(=O)CN(CC(=O)O)CC(Cc1ccc(OCCCNC(=O)OCc2ccccc2)cc1)N(CC(=O)O)CC(=O)OC(C)(C)C. The number of benzene rings is 2. The molecule has 276 valence electrons. The van der Waals surface area contributed by atoms with Gasteiger partial charge in [0.15, 0.2) is 0 Å². The van der Waals surface area contributed by atoms with Crippen LogP contribution in [0.25, 0.3) is 0 Å². The van der Waals surface area contributed by atoms with Gasteiger partial charge in [-0.25, -0.2) is 4.79 Å². The highest BCUT2D eigenvalue weighted by molar-refractivity contribution is 5.75. The lowest BCUT2D eigenvalue weighted by atomic mass is 10.0. The van der Waals surface area contributed by atoms with Gasteiger partial charge in [-0.2, -0.15) is 0 Å². The summed E-state index contributed by atoms with van der Waals surface area (Å²) >= 11 is 0. The Labute approximate surface area is 293 Å². The minimum absolute atomic E-state index is 0.0688. The number of carboxylic acids is 2. The first-order valence-corrected chi connectivity index (χ1v) is 16.4. The quantitative estimate of drug-likeness (QED) is 0.103. The maximum Gasteiger partial charge on any atom is 0.407 e. The molecule has 1 atom stereocenters. The number of carbonyl (C=O) groups excluding carboxylic acids is 3. The Hall–Kier alpha value is -4.69. The molecule has 2 aromatic carbocycles. The fourth-order valence-electron chi connectivity index (χ4n) is 4.79. The number of carbonyl (C=O) groups is 5. The van der Waals surface area contributed by atoms with Gasteiger partial charge in [0, 0.05) is 19.1 Å². The van der Waals surface area contributed by atoms with Gasteiger partial charge in [-0.1, -0.05) is 42.5 Å². The van der Waals surface area contributed by atoms with Crippen molar-refractivity contribution in [3.05, 3.63) is 65.7 Å². The van der Waals surface area contributed by atoms with Gasteiger partial charge in [0.2, 0.25) is 0 Å². The molecule has 1 unspecified atom stereocenters. The van der Waals surface area contributed by atoms with E-state index in [9.17, 15) is 34.2 Å². The second-order valence-electron chi connectivity index (χ2n) is 13.7. The van der Waals surface area contributed by atoms with Crippen LogP contribution >= 0.6 is 0 Å². The topological polar surface area (TPSA) is 181 Å². The normalized spacial score (nSPS) is 12.2. The number of hydrogen-bond donors (Lipinski definition) is 3. The van der Waals surface area contributed by atoms with Gasteiger partial charge >= 0.3 is 30.0 Å². The molecule has 0 saturated carbocycles. The number of aliphatic carboxylic acids is 2. The van der Waals surface area contributed by atoms with Crippen LogP contribution < -0.4 is 10.1 Å². The molecular formula is C36H51N3O11. The molecule has 0 aromatic heterocycles. The first-order chi connectivity index (χ1) is 23.4. The van der Waals surface area contributed by atoms with Gasteiger partial charge in [0.1, 0.15) is 23.6 Å². The van der Waals surface area contributed by atoms with Gasteiger partial charge in [0.05, 0.1) is 32.8 Å². The molecule has 0 aliphatic carbocycles. The Kier molecular flexibility index (Phi) is 16.7. The average molecular weight is 702 g/mol. The van der Waals surface area contributed by atoms with Gasteiger partial charge in [-0.15, -0.1) is 0 Å². The smallest absolute Gasteiger partial charge is 0.407 e. The molecule has 0 bridgehead atoms. The molecule has 0 aliphatic rings. The molecule has 0 spiro atoms. The van der Waals surface area contributed by atoms with Crippen LogP contribution in [0.1, 0.15) is 59.1 Å². The van der Waals surface area contributed by atoms with Crippen LogP contribution in [-0.2, 0) is 46.4 Å². The van der Waals surface area contributed by atoms with E-state index in [2.05, 4.69) is 5.32 Å². The number of rotatable bonds is 20. The predicted molar refractivity (Wildman–Crippen MR) is 184 cm³/mol. The van der Waals surface area contributed by atoms with Crippen molar-refractivity contribution in [1.29, 1.82) is 0 Å². The summed E-state index contributed by atoms with van der Waals surface area (Å²) in [6.45, 7) is 9.14. The summed E-state index contributed by atoms with van der Waals surface area (Å²) in [6, 6.07) is 15.7. The average Bonchev–Trinajstić information content (AvgIpc) is 2.98. The number of carboxylic acid groups (broad SMARTS) is 2. The van der Waals surface area contributed by atoms with Crippen molar-refractivity contribution in [3.8, 4) is 5.75 Å². The number of hydrogen-bond acceptors (Lipinski definition) is 11. The van der Waals surface area contributed by atoms with Crippen molar-refractivity contribution >= 4 is 30.0 Å². The van der Waals surface area contributed by atoms with E-state index < -0.39 is 60.3 Å². The van der Waals surface area contributed by atoms with E-state index in [4.69, 9.17) is 18.9 Å². The Morgan fingerprint density at radius 2 is 1.32 bits per heavy atom. The highest BCUT2D eigenvalue weighted by Crippen LogP contribution is 2.18. The van der Waals surface area contributed by atoms with Crippen molar-refractivity contribution in [2.45, 2.75) is 78.2 Å². The zero-order chi connectivity index (χ0) is 37.3. The molecule has 0 heterocycles. The van der Waals surface area contributed by atoms with Gasteiger partial charge in [0.25, 0.3) is 0 Å². The Morgan fingerprint density at radius 1 is 0.740 bits per heavy atom. The molecular weight excluding hydrogens is 650 g/mol. The maximum absolute atomic E-state index is 12.8. The van der Waals surface area contributed by atoms with Crippen molar-refractivity contribution in [2.24, 2.45) is 0 Å². The maximum atomic E-state index is 12.8. The van der Waals surface area contributed by atoms with Crippen LogP contribution in [0.15, 0.2) is 54.6 Å². The molecule has 1 amide bonds.